The molecule has 1 aromatic rings. The summed E-state index contributed by atoms with van der Waals surface area (Å²) in [7, 11) is 0. The first-order chi connectivity index (χ1) is 20.5. The molecule has 2 aliphatic carbocycles. The van der Waals surface area contributed by atoms with Gasteiger partial charge in [0.2, 0.25) is 0 Å². The number of alkyl halides is 2. The topological polar surface area (TPSA) is 81.5 Å². The quantitative estimate of drug-likeness (QED) is 0.376. The number of carbonyl (C=O) groups excluding carboxylic acids is 2. The molecule has 42 heavy (non-hydrogen) atoms. The van der Waals surface area contributed by atoms with Gasteiger partial charge in [-0.2, -0.15) is 0 Å². The lowest BCUT2D eigenvalue weighted by molar-refractivity contribution is -0.212. The van der Waals surface area contributed by atoms with E-state index in [1.54, 1.807) is 12.5 Å². The summed E-state index contributed by atoms with van der Waals surface area (Å²) < 4.78 is 28.6. The van der Waals surface area contributed by atoms with Crippen molar-refractivity contribution in [2.75, 3.05) is 52.4 Å². The predicted octanol–water partition coefficient (Wildman–Crippen LogP) is 2.40. The molecule has 5 fully saturated rings. The van der Waals surface area contributed by atoms with E-state index >= 15 is 4.39 Å². The minimum Gasteiger partial charge on any atom is -0.468 e. The maximum Gasteiger partial charge on any atom is 0.256 e. The molecule has 0 radical (unpaired) electrons. The number of carbonyl (C=O) groups is 2. The molecule has 1 N–H and O–H groups in total. The lowest BCUT2D eigenvalue weighted by Gasteiger charge is -2.61. The number of hydrogen-bond acceptors (Lipinski definition) is 8. The molecule has 0 spiro atoms. The van der Waals surface area contributed by atoms with Crippen molar-refractivity contribution < 1.29 is 23.1 Å². The predicted molar refractivity (Wildman–Crippen MR) is 156 cm³/mol. The van der Waals surface area contributed by atoms with E-state index in [0.29, 0.717) is 13.0 Å². The molecule has 3 saturated heterocycles. The molecule has 0 bridgehead atoms. The van der Waals surface area contributed by atoms with Crippen LogP contribution in [-0.4, -0.2) is 126 Å². The number of ketones is 1. The van der Waals surface area contributed by atoms with Crippen LogP contribution in [0.5, 0.6) is 0 Å². The van der Waals surface area contributed by atoms with Crippen molar-refractivity contribution >= 4 is 23.3 Å². The van der Waals surface area contributed by atoms with Gasteiger partial charge in [-0.05, 0) is 63.7 Å². The minimum absolute atomic E-state index is 0.00992. The van der Waals surface area contributed by atoms with E-state index < -0.39 is 24.2 Å². The van der Waals surface area contributed by atoms with Crippen LogP contribution in [0.4, 0.5) is 4.39 Å². The summed E-state index contributed by atoms with van der Waals surface area (Å²) in [5.74, 6) is -0.243. The zero-order valence-electron chi connectivity index (χ0n) is 24.2. The van der Waals surface area contributed by atoms with Crippen LogP contribution in [0.15, 0.2) is 34.6 Å². The summed E-state index contributed by atoms with van der Waals surface area (Å²) in [6.45, 7) is 7.21. The van der Waals surface area contributed by atoms with Gasteiger partial charge in [0.05, 0.1) is 48.7 Å². The molecule has 230 valence electrons. The average molecular weight is 604 g/mol. The highest BCUT2D eigenvalue weighted by Gasteiger charge is 2.60. The average Bonchev–Trinajstić information content (AvgIpc) is 3.70. The van der Waals surface area contributed by atoms with E-state index in [1.807, 2.05) is 12.1 Å². The number of ether oxygens (including phenoxy) is 1. The Labute approximate surface area is 252 Å². The minimum atomic E-state index is -1.22. The molecule has 2 saturated carbocycles. The van der Waals surface area contributed by atoms with Crippen molar-refractivity contribution in [2.45, 2.75) is 87.0 Å². The Morgan fingerprint density at radius 3 is 2.62 bits per heavy atom. The van der Waals surface area contributed by atoms with Crippen molar-refractivity contribution in [1.29, 1.82) is 0 Å². The van der Waals surface area contributed by atoms with E-state index in [9.17, 15) is 9.59 Å². The van der Waals surface area contributed by atoms with E-state index in [4.69, 9.17) is 20.8 Å². The second-order valence-electron chi connectivity index (χ2n) is 13.0. The van der Waals surface area contributed by atoms with Crippen LogP contribution in [0.25, 0.3) is 0 Å². The van der Waals surface area contributed by atoms with Crippen molar-refractivity contribution in [1.82, 2.24) is 24.9 Å². The first-order valence-electron chi connectivity index (χ1n) is 15.9. The number of amides is 1. The number of likely N-dealkylation sites (tertiary alicyclic amines) is 1. The Bertz CT molecular complexity index is 1150. The van der Waals surface area contributed by atoms with Crippen LogP contribution in [0.1, 0.15) is 44.3 Å². The number of piperazine rings is 1. The lowest BCUT2D eigenvalue weighted by atomic mass is 9.69. The number of nitrogens with one attached hydrogen (secondary N) is 1. The highest BCUT2D eigenvalue weighted by atomic mass is 35.5. The van der Waals surface area contributed by atoms with Gasteiger partial charge in [-0.25, -0.2) is 4.39 Å². The zero-order chi connectivity index (χ0) is 28.8. The largest absolute Gasteiger partial charge is 0.468 e. The maximum absolute atomic E-state index is 16.3. The molecule has 8 unspecified atom stereocenters. The summed E-state index contributed by atoms with van der Waals surface area (Å²) in [4.78, 5) is 36.3. The van der Waals surface area contributed by atoms with Crippen molar-refractivity contribution in [3.05, 3.63) is 35.9 Å². The van der Waals surface area contributed by atoms with Crippen LogP contribution >= 0.6 is 11.6 Å². The third-order valence-electron chi connectivity index (χ3n) is 10.5. The number of furan rings is 1. The molecule has 1 aromatic heterocycles. The summed E-state index contributed by atoms with van der Waals surface area (Å²) in [5.41, 5.74) is 0.169. The van der Waals surface area contributed by atoms with Gasteiger partial charge in [0.25, 0.3) is 5.91 Å². The van der Waals surface area contributed by atoms with Gasteiger partial charge in [0.15, 0.2) is 5.78 Å². The normalized spacial score (nSPS) is 37.7. The molecular formula is C31H43ClFN5O4. The van der Waals surface area contributed by atoms with Crippen LogP contribution in [0.2, 0.25) is 0 Å². The SMILES string of the molecule is O=C(NCCN1CCCC1)C1=CN2C3CCC(Cl)CC3OC3C(N4CCN(Cc5ccco5)CC4)C(F)CC(C1=O)C32. The number of nitrogens with zero attached hydrogens (tertiary/aromatic N) is 4. The third-order valence-corrected chi connectivity index (χ3v) is 10.9. The van der Waals surface area contributed by atoms with Gasteiger partial charge in [0, 0.05) is 56.8 Å². The molecule has 9 nitrogen and oxygen atoms in total. The summed E-state index contributed by atoms with van der Waals surface area (Å²) in [5, 5.41) is 3.00. The smallest absolute Gasteiger partial charge is 0.256 e. The fourth-order valence-corrected chi connectivity index (χ4v) is 8.71. The summed E-state index contributed by atoms with van der Waals surface area (Å²) in [6, 6.07) is 3.21. The molecule has 7 rings (SSSR count). The van der Waals surface area contributed by atoms with Crippen molar-refractivity contribution in [2.24, 2.45) is 5.92 Å². The Morgan fingerprint density at radius 2 is 1.86 bits per heavy atom. The number of hydrogen-bond donors (Lipinski definition) is 1. The first-order valence-corrected chi connectivity index (χ1v) is 16.4. The van der Waals surface area contributed by atoms with Crippen LogP contribution in [0, 0.1) is 5.92 Å². The second kappa shape index (κ2) is 12.2. The van der Waals surface area contributed by atoms with Gasteiger partial charge >= 0.3 is 0 Å². The lowest BCUT2D eigenvalue weighted by Crippen LogP contribution is -2.74. The fourth-order valence-electron chi connectivity index (χ4n) is 8.41. The Balaban J connectivity index is 1.10. The van der Waals surface area contributed by atoms with Gasteiger partial charge in [-0.1, -0.05) is 0 Å². The standard InChI is InChI=1S/C31H43ClFN5O4/c32-20-5-6-25-26(16-20)42-30-27-22(29(39)23(19-38(25)27)31(40)34-7-10-35-8-1-2-9-35)17-24(33)28(30)37-13-11-36(12-14-37)18-21-4-3-15-41-21/h3-4,15,19-20,22,24-28,30H,1-2,5-14,16-18H2,(H,34,40). The number of Topliss-reactive ketones (excluding diaryl/α,β-unsaturated/α-hetero) is 1. The molecule has 11 heteroatoms. The van der Waals surface area contributed by atoms with E-state index in [-0.39, 0.29) is 47.2 Å². The van der Waals surface area contributed by atoms with Gasteiger partial charge in [-0.15, -0.1) is 11.6 Å². The molecule has 4 aliphatic heterocycles. The van der Waals surface area contributed by atoms with Gasteiger partial charge in [-0.3, -0.25) is 19.4 Å². The number of halogens is 2. The molecule has 0 aromatic carbocycles. The van der Waals surface area contributed by atoms with Crippen molar-refractivity contribution in [3.63, 3.8) is 0 Å². The van der Waals surface area contributed by atoms with Crippen LogP contribution in [0.3, 0.4) is 0 Å². The fraction of sp³-hybridized carbons (Fsp3) is 0.742. The highest BCUT2D eigenvalue weighted by molar-refractivity contribution is 6.21. The first kappa shape index (κ1) is 28.8. The number of morpholine rings is 1. The second-order valence-corrected chi connectivity index (χ2v) is 13.6. The van der Waals surface area contributed by atoms with Crippen molar-refractivity contribution in [3.8, 4) is 0 Å². The molecule has 5 heterocycles. The molecule has 1 amide bonds. The molecular weight excluding hydrogens is 561 g/mol. The molecule has 6 aliphatic rings. The number of fused-ring (bicyclic) bond motifs is 2. The third kappa shape index (κ3) is 5.54. The Morgan fingerprint density at radius 1 is 1.05 bits per heavy atom. The molecule has 8 atom stereocenters. The van der Waals surface area contributed by atoms with Crippen LogP contribution in [-0.2, 0) is 20.9 Å². The van der Waals surface area contributed by atoms with E-state index in [0.717, 1.165) is 71.0 Å². The Hall–Kier alpha value is -1.98. The summed E-state index contributed by atoms with van der Waals surface area (Å²) in [6.07, 6.45) is 6.54. The van der Waals surface area contributed by atoms with E-state index in [1.165, 1.54) is 12.8 Å². The Kier molecular flexibility index (Phi) is 8.35. The van der Waals surface area contributed by atoms with Gasteiger partial charge < -0.3 is 24.3 Å². The zero-order valence-corrected chi connectivity index (χ0v) is 25.0. The maximum atomic E-state index is 16.3. The van der Waals surface area contributed by atoms with Crippen LogP contribution < -0.4 is 5.32 Å². The number of rotatable bonds is 7. The highest BCUT2D eigenvalue weighted by Crippen LogP contribution is 2.47. The van der Waals surface area contributed by atoms with Gasteiger partial charge in [0.1, 0.15) is 11.9 Å². The monoisotopic (exact) mass is 603 g/mol. The van der Waals surface area contributed by atoms with E-state index in [2.05, 4.69) is 24.9 Å². The summed E-state index contributed by atoms with van der Waals surface area (Å²) >= 11 is 6.61.